The topological polar surface area (TPSA) is 78.4 Å². The summed E-state index contributed by atoms with van der Waals surface area (Å²) in [7, 11) is -3.32. The van der Waals surface area contributed by atoms with Crippen molar-refractivity contribution in [2.75, 3.05) is 13.1 Å². The fraction of sp³-hybridized carbons (Fsp3) is 1.00. The predicted molar refractivity (Wildman–Crippen MR) is 63.2 cm³/mol. The van der Waals surface area contributed by atoms with Crippen LogP contribution in [-0.4, -0.2) is 32.7 Å². The van der Waals surface area contributed by atoms with Crippen molar-refractivity contribution < 1.29 is 13.5 Å². The van der Waals surface area contributed by atoms with Crippen molar-refractivity contribution >= 4 is 10.2 Å². The molecule has 6 heteroatoms. The third-order valence-corrected chi connectivity index (χ3v) is 4.05. The molecule has 1 saturated carbocycles. The molecule has 0 aromatic carbocycles. The zero-order valence-electron chi connectivity index (χ0n) is 9.78. The number of hydrogen-bond acceptors (Lipinski definition) is 3. The lowest BCUT2D eigenvalue weighted by Crippen LogP contribution is -2.40. The third-order valence-electron chi connectivity index (χ3n) is 2.92. The quantitative estimate of drug-likeness (QED) is 0.637. The lowest BCUT2D eigenvalue weighted by Gasteiger charge is -2.25. The summed E-state index contributed by atoms with van der Waals surface area (Å²) < 4.78 is 27.9. The zero-order chi connectivity index (χ0) is 12.0. The van der Waals surface area contributed by atoms with Gasteiger partial charge >= 0.3 is 0 Å². The van der Waals surface area contributed by atoms with Crippen LogP contribution in [-0.2, 0) is 10.2 Å². The summed E-state index contributed by atoms with van der Waals surface area (Å²) >= 11 is 0. The first-order valence-electron chi connectivity index (χ1n) is 5.96. The second-order valence-corrected chi connectivity index (χ2v) is 6.01. The van der Waals surface area contributed by atoms with Gasteiger partial charge < -0.3 is 5.11 Å². The van der Waals surface area contributed by atoms with E-state index < -0.39 is 10.2 Å². The highest BCUT2D eigenvalue weighted by Gasteiger charge is 2.20. The molecule has 0 aromatic rings. The molecule has 0 bridgehead atoms. The minimum absolute atomic E-state index is 0.189. The largest absolute Gasteiger partial charge is 0.393 e. The molecule has 3 N–H and O–H groups in total. The molecule has 0 unspecified atom stereocenters. The van der Waals surface area contributed by atoms with Crippen molar-refractivity contribution in [2.45, 2.75) is 45.1 Å². The molecule has 0 spiro atoms. The van der Waals surface area contributed by atoms with Crippen molar-refractivity contribution in [3.63, 3.8) is 0 Å². The van der Waals surface area contributed by atoms with Gasteiger partial charge in [0.05, 0.1) is 6.10 Å². The summed E-state index contributed by atoms with van der Waals surface area (Å²) in [5.74, 6) is 0.363. The van der Waals surface area contributed by atoms with Gasteiger partial charge in [-0.2, -0.15) is 8.42 Å². The van der Waals surface area contributed by atoms with Crippen LogP contribution >= 0.6 is 0 Å². The minimum atomic E-state index is -3.32. The van der Waals surface area contributed by atoms with Crippen LogP contribution in [0, 0.1) is 5.92 Å². The van der Waals surface area contributed by atoms with E-state index in [1.165, 1.54) is 0 Å². The molecule has 0 amide bonds. The highest BCUT2D eigenvalue weighted by Crippen LogP contribution is 2.23. The smallest absolute Gasteiger partial charge is 0.276 e. The summed E-state index contributed by atoms with van der Waals surface area (Å²) in [5, 5.41) is 9.32. The number of rotatable bonds is 6. The molecular weight excluding hydrogens is 228 g/mol. The van der Waals surface area contributed by atoms with Crippen LogP contribution in [0.15, 0.2) is 0 Å². The van der Waals surface area contributed by atoms with Crippen molar-refractivity contribution in [2.24, 2.45) is 5.92 Å². The molecular formula is C10H22N2O3S. The SMILES string of the molecule is CCCNS(=O)(=O)NCC1CCC(O)CC1. The average molecular weight is 250 g/mol. The molecule has 1 rings (SSSR count). The van der Waals surface area contributed by atoms with E-state index in [-0.39, 0.29) is 6.10 Å². The fourth-order valence-electron chi connectivity index (χ4n) is 1.86. The Labute approximate surface area is 97.8 Å². The molecule has 1 fully saturated rings. The van der Waals surface area contributed by atoms with Crippen LogP contribution in [0.5, 0.6) is 0 Å². The van der Waals surface area contributed by atoms with Crippen LogP contribution in [0.1, 0.15) is 39.0 Å². The zero-order valence-corrected chi connectivity index (χ0v) is 10.6. The van der Waals surface area contributed by atoms with E-state index in [4.69, 9.17) is 0 Å². The highest BCUT2D eigenvalue weighted by molar-refractivity contribution is 7.87. The first-order valence-corrected chi connectivity index (χ1v) is 7.44. The maximum atomic E-state index is 11.4. The summed E-state index contributed by atoms with van der Waals surface area (Å²) in [5.41, 5.74) is 0. The monoisotopic (exact) mass is 250 g/mol. The number of aliphatic hydroxyl groups is 1. The van der Waals surface area contributed by atoms with Gasteiger partial charge in [0.1, 0.15) is 0 Å². The Morgan fingerprint density at radius 1 is 1.19 bits per heavy atom. The van der Waals surface area contributed by atoms with Crippen molar-refractivity contribution in [3.05, 3.63) is 0 Å². The molecule has 96 valence electrons. The summed E-state index contributed by atoms with van der Waals surface area (Å²) in [6.07, 6.45) is 3.97. The molecule has 16 heavy (non-hydrogen) atoms. The second kappa shape index (κ2) is 6.54. The van der Waals surface area contributed by atoms with Gasteiger partial charge in [-0.1, -0.05) is 6.92 Å². The first kappa shape index (κ1) is 13.9. The van der Waals surface area contributed by atoms with Crippen LogP contribution in [0.4, 0.5) is 0 Å². The van der Waals surface area contributed by atoms with Gasteiger partial charge in [-0.25, -0.2) is 9.44 Å². The predicted octanol–water partition coefficient (Wildman–Crippen LogP) is 0.372. The first-order chi connectivity index (χ1) is 7.53. The fourth-order valence-corrected chi connectivity index (χ4v) is 2.89. The normalized spacial score (nSPS) is 26.9. The summed E-state index contributed by atoms with van der Waals surface area (Å²) in [6.45, 7) is 2.87. The molecule has 0 aromatic heterocycles. The van der Waals surface area contributed by atoms with E-state index in [9.17, 15) is 13.5 Å². The molecule has 1 aliphatic rings. The van der Waals surface area contributed by atoms with E-state index in [2.05, 4.69) is 9.44 Å². The lowest BCUT2D eigenvalue weighted by molar-refractivity contribution is 0.109. The Kier molecular flexibility index (Phi) is 5.68. The Morgan fingerprint density at radius 3 is 2.38 bits per heavy atom. The van der Waals surface area contributed by atoms with Crippen LogP contribution < -0.4 is 9.44 Å². The Bertz CT molecular complexity index is 284. The number of nitrogens with one attached hydrogen (secondary N) is 2. The minimum Gasteiger partial charge on any atom is -0.393 e. The van der Waals surface area contributed by atoms with Crippen molar-refractivity contribution in [1.29, 1.82) is 0 Å². The van der Waals surface area contributed by atoms with Crippen molar-refractivity contribution in [3.8, 4) is 0 Å². The Hall–Kier alpha value is -0.170. The van der Waals surface area contributed by atoms with Gasteiger partial charge in [-0.15, -0.1) is 0 Å². The second-order valence-electron chi connectivity index (χ2n) is 4.42. The molecule has 0 saturated heterocycles. The van der Waals surface area contributed by atoms with Gasteiger partial charge in [0.25, 0.3) is 10.2 Å². The van der Waals surface area contributed by atoms with E-state index in [0.29, 0.717) is 19.0 Å². The molecule has 0 atom stereocenters. The van der Waals surface area contributed by atoms with E-state index >= 15 is 0 Å². The molecule has 5 nitrogen and oxygen atoms in total. The van der Waals surface area contributed by atoms with Crippen LogP contribution in [0.25, 0.3) is 0 Å². The summed E-state index contributed by atoms with van der Waals surface area (Å²) in [6, 6.07) is 0. The van der Waals surface area contributed by atoms with Gasteiger partial charge in [-0.3, -0.25) is 0 Å². The molecule has 0 heterocycles. The maximum Gasteiger partial charge on any atom is 0.276 e. The van der Waals surface area contributed by atoms with Gasteiger partial charge in [0, 0.05) is 13.1 Å². The Balaban J connectivity index is 2.23. The Morgan fingerprint density at radius 2 is 1.81 bits per heavy atom. The lowest BCUT2D eigenvalue weighted by atomic mass is 9.88. The van der Waals surface area contributed by atoms with Crippen LogP contribution in [0.2, 0.25) is 0 Å². The molecule has 0 aliphatic heterocycles. The standard InChI is InChI=1S/C10H22N2O3S/c1-2-7-11-16(14,15)12-8-9-3-5-10(13)6-4-9/h9-13H,2-8H2,1H3. The van der Waals surface area contributed by atoms with Crippen molar-refractivity contribution in [1.82, 2.24) is 9.44 Å². The van der Waals surface area contributed by atoms with E-state index in [1.807, 2.05) is 6.92 Å². The van der Waals surface area contributed by atoms with Gasteiger partial charge in [-0.05, 0) is 38.0 Å². The van der Waals surface area contributed by atoms with Crippen LogP contribution in [0.3, 0.4) is 0 Å². The van der Waals surface area contributed by atoms with Gasteiger partial charge in [0.15, 0.2) is 0 Å². The number of aliphatic hydroxyl groups excluding tert-OH is 1. The van der Waals surface area contributed by atoms with Gasteiger partial charge in [0.2, 0.25) is 0 Å². The van der Waals surface area contributed by atoms with E-state index in [0.717, 1.165) is 32.1 Å². The maximum absolute atomic E-state index is 11.4. The molecule has 1 aliphatic carbocycles. The summed E-state index contributed by atoms with van der Waals surface area (Å²) in [4.78, 5) is 0. The number of hydrogen-bond donors (Lipinski definition) is 3. The average Bonchev–Trinajstić information content (AvgIpc) is 2.26. The highest BCUT2D eigenvalue weighted by atomic mass is 32.2. The third kappa shape index (κ3) is 5.25. The van der Waals surface area contributed by atoms with E-state index in [1.54, 1.807) is 0 Å². The molecule has 0 radical (unpaired) electrons.